The minimum absolute atomic E-state index is 0.451. The molecule has 58 heavy (non-hydrogen) atoms. The first-order chi connectivity index (χ1) is 28.1. The molecule has 0 unspecified atom stereocenters. The average Bonchev–Trinajstić information content (AvgIpc) is 3.77. The first-order valence-electron chi connectivity index (χ1n) is 18.4. The highest BCUT2D eigenvalue weighted by molar-refractivity contribution is 7.88. The molecule has 0 saturated carbocycles. The van der Waals surface area contributed by atoms with Gasteiger partial charge in [-0.05, 0) is 83.9 Å². The molecule has 0 spiro atoms. The average molecular weight is 786 g/mol. The molecule has 10 aromatic rings. The van der Waals surface area contributed by atoms with Gasteiger partial charge in [0.25, 0.3) is 0 Å². The second kappa shape index (κ2) is 13.5. The minimum Gasteiger partial charge on any atom is -0.376 e. The molecule has 7 aromatic carbocycles. The van der Waals surface area contributed by atoms with Crippen LogP contribution in [-0.4, -0.2) is 28.0 Å². The number of fused-ring (bicyclic) bond motifs is 6. The van der Waals surface area contributed by atoms with Crippen molar-refractivity contribution in [2.24, 2.45) is 0 Å². The molecule has 10 heteroatoms. The van der Waals surface area contributed by atoms with Crippen LogP contribution in [0.3, 0.4) is 0 Å². The van der Waals surface area contributed by atoms with Crippen LogP contribution in [0.2, 0.25) is 0 Å². The van der Waals surface area contributed by atoms with Crippen molar-refractivity contribution in [3.8, 4) is 50.8 Å². The molecule has 3 heterocycles. The van der Waals surface area contributed by atoms with E-state index in [2.05, 4.69) is 86.1 Å². The Morgan fingerprint density at radius 2 is 0.828 bits per heavy atom. The van der Waals surface area contributed by atoms with Gasteiger partial charge in [-0.2, -0.15) is 21.6 Å². The first-order valence-corrected chi connectivity index (χ1v) is 19.9. The van der Waals surface area contributed by atoms with Crippen molar-refractivity contribution in [3.05, 3.63) is 182 Å². The summed E-state index contributed by atoms with van der Waals surface area (Å²) in [6, 6.07) is 58.9. The molecule has 0 amide bonds. The summed E-state index contributed by atoms with van der Waals surface area (Å²) < 4.78 is 71.6. The maximum Gasteiger partial charge on any atom is 0.534 e. The summed E-state index contributed by atoms with van der Waals surface area (Å²) in [5.74, 6) is -0.451. The van der Waals surface area contributed by atoms with Gasteiger partial charge in [0.05, 0.1) is 33.5 Å². The van der Waals surface area contributed by atoms with Crippen LogP contribution in [0.1, 0.15) is 0 Å². The molecule has 0 fully saturated rings. The summed E-state index contributed by atoms with van der Waals surface area (Å²) >= 11 is 0. The lowest BCUT2D eigenvalue weighted by Crippen LogP contribution is -2.28. The fourth-order valence-corrected chi connectivity index (χ4v) is 8.34. The van der Waals surface area contributed by atoms with Crippen LogP contribution in [0.4, 0.5) is 13.2 Å². The van der Waals surface area contributed by atoms with Crippen LogP contribution >= 0.6 is 0 Å². The summed E-state index contributed by atoms with van der Waals surface area (Å²) in [6.07, 6.45) is 0. The molecule has 3 aromatic heterocycles. The van der Waals surface area contributed by atoms with Crippen LogP contribution in [0.5, 0.6) is 5.75 Å². The van der Waals surface area contributed by atoms with Gasteiger partial charge >= 0.3 is 15.6 Å². The van der Waals surface area contributed by atoms with Gasteiger partial charge in [-0.15, -0.1) is 0 Å². The Labute approximate surface area is 330 Å². The highest BCUT2D eigenvalue weighted by Crippen LogP contribution is 2.37. The largest absolute Gasteiger partial charge is 0.534 e. The summed E-state index contributed by atoms with van der Waals surface area (Å²) in [7, 11) is -5.83. The van der Waals surface area contributed by atoms with E-state index >= 15 is 0 Å². The number of halogens is 3. The Balaban J connectivity index is 1.13. The summed E-state index contributed by atoms with van der Waals surface area (Å²) in [4.78, 5) is 5.24. The van der Waals surface area contributed by atoms with E-state index in [1.807, 2.05) is 84.9 Å². The fraction of sp³-hybridized carbons (Fsp3) is 0.0208. The monoisotopic (exact) mass is 785 g/mol. The second-order valence-electron chi connectivity index (χ2n) is 14.0. The number of aromatic nitrogens is 3. The third-order valence-corrected chi connectivity index (χ3v) is 11.4. The molecule has 0 N–H and O–H groups in total. The highest BCUT2D eigenvalue weighted by Gasteiger charge is 2.48. The fourth-order valence-electron chi connectivity index (χ4n) is 7.88. The number of hydrogen-bond acceptors (Lipinski definition) is 4. The van der Waals surface area contributed by atoms with Gasteiger partial charge in [0.2, 0.25) is 0 Å². The number of nitrogens with zero attached hydrogens (tertiary/aromatic N) is 3. The number of pyridine rings is 1. The zero-order valence-corrected chi connectivity index (χ0v) is 31.2. The summed E-state index contributed by atoms with van der Waals surface area (Å²) in [5, 5.41) is 4.57. The van der Waals surface area contributed by atoms with Crippen molar-refractivity contribution in [3.63, 3.8) is 0 Å². The Hall–Kier alpha value is -7.17. The lowest BCUT2D eigenvalue weighted by Gasteiger charge is -2.14. The third kappa shape index (κ3) is 5.97. The van der Waals surface area contributed by atoms with E-state index < -0.39 is 21.4 Å². The van der Waals surface area contributed by atoms with E-state index in [9.17, 15) is 21.6 Å². The first kappa shape index (κ1) is 35.3. The molecule has 6 nitrogen and oxygen atoms in total. The van der Waals surface area contributed by atoms with Gasteiger partial charge in [-0.25, -0.2) is 4.98 Å². The van der Waals surface area contributed by atoms with Crippen LogP contribution < -0.4 is 4.18 Å². The number of benzene rings is 7. The standard InChI is InChI=1S/C48H30F3N3O3S/c49-48(50,51)58(55,56)57-37-25-23-31(24-26-37)34-29-42(32-11-9-13-35(27-32)53-44-19-5-1-15-38(44)39-16-2-6-20-45(39)53)52-43(30-34)33-12-10-14-36(28-33)54-46-21-7-3-17-40(46)41-18-4-8-22-47(41)54/h1-30H. The molecule has 10 rings (SSSR count). The van der Waals surface area contributed by atoms with E-state index in [1.165, 1.54) is 24.3 Å². The van der Waals surface area contributed by atoms with Crippen molar-refractivity contribution in [2.45, 2.75) is 5.51 Å². The van der Waals surface area contributed by atoms with Gasteiger partial charge in [0.15, 0.2) is 0 Å². The van der Waals surface area contributed by atoms with Crippen molar-refractivity contribution in [1.82, 2.24) is 14.1 Å². The molecule has 0 saturated heterocycles. The van der Waals surface area contributed by atoms with E-state index in [0.717, 1.165) is 71.7 Å². The lowest BCUT2D eigenvalue weighted by molar-refractivity contribution is -0.0500. The number of rotatable bonds is 7. The minimum atomic E-state index is -5.83. The predicted molar refractivity (Wildman–Crippen MR) is 225 cm³/mol. The summed E-state index contributed by atoms with van der Waals surface area (Å²) in [5.41, 5.74) is 4.98. The van der Waals surface area contributed by atoms with Gasteiger partial charge in [0, 0.05) is 44.0 Å². The Kier molecular flexibility index (Phi) is 8.20. The Morgan fingerprint density at radius 1 is 0.431 bits per heavy atom. The van der Waals surface area contributed by atoms with Crippen molar-refractivity contribution in [2.75, 3.05) is 0 Å². The normalized spacial score (nSPS) is 12.2. The van der Waals surface area contributed by atoms with Gasteiger partial charge < -0.3 is 13.3 Å². The van der Waals surface area contributed by atoms with Crippen LogP contribution in [0.25, 0.3) is 88.6 Å². The maximum atomic E-state index is 13.1. The molecule has 0 aliphatic carbocycles. The second-order valence-corrected chi connectivity index (χ2v) is 15.5. The van der Waals surface area contributed by atoms with Crippen molar-refractivity contribution in [1.29, 1.82) is 0 Å². The number of para-hydroxylation sites is 4. The molecule has 0 bridgehead atoms. The van der Waals surface area contributed by atoms with Crippen LogP contribution in [0, 0.1) is 0 Å². The molecular weight excluding hydrogens is 756 g/mol. The maximum absolute atomic E-state index is 13.1. The van der Waals surface area contributed by atoms with Gasteiger partial charge in [-0.1, -0.05) is 109 Å². The van der Waals surface area contributed by atoms with E-state index in [4.69, 9.17) is 4.98 Å². The molecule has 0 aliphatic heterocycles. The van der Waals surface area contributed by atoms with E-state index in [0.29, 0.717) is 17.0 Å². The topological polar surface area (TPSA) is 66.1 Å². The van der Waals surface area contributed by atoms with Gasteiger partial charge in [0.1, 0.15) is 5.75 Å². The number of alkyl halides is 3. The van der Waals surface area contributed by atoms with Gasteiger partial charge in [-0.3, -0.25) is 0 Å². The van der Waals surface area contributed by atoms with Crippen LogP contribution in [0.15, 0.2) is 182 Å². The Bertz CT molecular complexity index is 3050. The smallest absolute Gasteiger partial charge is 0.376 e. The zero-order chi connectivity index (χ0) is 39.6. The molecule has 0 radical (unpaired) electrons. The molecule has 0 atom stereocenters. The van der Waals surface area contributed by atoms with Crippen molar-refractivity contribution < 1.29 is 25.8 Å². The van der Waals surface area contributed by atoms with Crippen molar-refractivity contribution >= 4 is 53.7 Å². The SMILES string of the molecule is O=S(=O)(Oc1ccc(-c2cc(-c3cccc(-n4c5ccccc5c5ccccc54)c3)nc(-c3cccc(-n4c5ccccc5c5ccccc54)c3)c2)cc1)C(F)(F)F. The van der Waals surface area contributed by atoms with E-state index in [1.54, 1.807) is 0 Å². The third-order valence-electron chi connectivity index (χ3n) is 10.5. The molecule has 282 valence electrons. The number of hydrogen-bond donors (Lipinski definition) is 0. The molecule has 0 aliphatic rings. The predicted octanol–water partition coefficient (Wildman–Crippen LogP) is 12.5. The highest BCUT2D eigenvalue weighted by atomic mass is 32.2. The van der Waals surface area contributed by atoms with E-state index in [-0.39, 0.29) is 0 Å². The van der Waals surface area contributed by atoms with Crippen LogP contribution in [-0.2, 0) is 10.1 Å². The summed E-state index contributed by atoms with van der Waals surface area (Å²) in [6.45, 7) is 0. The lowest BCUT2D eigenvalue weighted by atomic mass is 9.99. The quantitative estimate of drug-likeness (QED) is 0.119. The zero-order valence-electron chi connectivity index (χ0n) is 30.4. The molecular formula is C48H30F3N3O3S. The Morgan fingerprint density at radius 3 is 1.22 bits per heavy atom.